The number of rotatable bonds is 5. The van der Waals surface area contributed by atoms with E-state index >= 15 is 0 Å². The van der Waals surface area contributed by atoms with Crippen LogP contribution in [0.4, 0.5) is 0 Å². The average Bonchev–Trinajstić information content (AvgIpc) is 2.37. The smallest absolute Gasteiger partial charge is 0.339 e. The molecule has 0 radical (unpaired) electrons. The van der Waals surface area contributed by atoms with Crippen LogP contribution in [0.25, 0.3) is 6.08 Å². The Bertz CT molecular complexity index is 455. The molecule has 0 atom stereocenters. The van der Waals surface area contributed by atoms with E-state index in [0.717, 1.165) is 12.0 Å². The van der Waals surface area contributed by atoms with Gasteiger partial charge in [0.15, 0.2) is 0 Å². The zero-order valence-electron chi connectivity index (χ0n) is 10.5. The predicted molar refractivity (Wildman–Crippen MR) is 67.9 cm³/mol. The third-order valence-electron chi connectivity index (χ3n) is 2.18. The van der Waals surface area contributed by atoms with Gasteiger partial charge < -0.3 is 10.1 Å². The Kier molecular flexibility index (Phi) is 5.57. The summed E-state index contributed by atoms with van der Waals surface area (Å²) in [6.07, 6.45) is 7.60. The van der Waals surface area contributed by atoms with Crippen molar-refractivity contribution in [3.63, 3.8) is 0 Å². The number of amides is 1. The highest BCUT2D eigenvalue weighted by molar-refractivity contribution is 5.89. The second-order valence-corrected chi connectivity index (χ2v) is 3.67. The summed E-state index contributed by atoms with van der Waals surface area (Å²) in [5.41, 5.74) is 1.24. The van der Waals surface area contributed by atoms with Crippen molar-refractivity contribution in [3.8, 4) is 0 Å². The Labute approximate surface area is 106 Å². The molecule has 0 fully saturated rings. The van der Waals surface area contributed by atoms with E-state index in [0.29, 0.717) is 12.1 Å². The van der Waals surface area contributed by atoms with E-state index in [9.17, 15) is 9.59 Å². The van der Waals surface area contributed by atoms with E-state index in [2.05, 4.69) is 15.0 Å². The lowest BCUT2D eigenvalue weighted by Crippen LogP contribution is -2.20. The van der Waals surface area contributed by atoms with Gasteiger partial charge in [0, 0.05) is 25.9 Å². The van der Waals surface area contributed by atoms with Crippen LogP contribution in [0.15, 0.2) is 24.5 Å². The lowest BCUT2D eigenvalue weighted by molar-refractivity contribution is -0.118. The molecule has 1 amide bonds. The molecule has 1 aromatic heterocycles. The summed E-state index contributed by atoms with van der Waals surface area (Å²) in [6.45, 7) is 2.07. The number of nitrogens with one attached hydrogen (secondary N) is 1. The minimum Gasteiger partial charge on any atom is -0.465 e. The molecule has 1 heterocycles. The number of carbonyl (C=O) groups is 2. The number of nitrogens with zero attached hydrogens (tertiary/aromatic N) is 1. The van der Waals surface area contributed by atoms with E-state index in [4.69, 9.17) is 0 Å². The molecule has 0 unspecified atom stereocenters. The number of hydrogen-bond donors (Lipinski definition) is 1. The Morgan fingerprint density at radius 2 is 2.22 bits per heavy atom. The monoisotopic (exact) mass is 248 g/mol. The molecule has 96 valence electrons. The van der Waals surface area contributed by atoms with Crippen LogP contribution in [0.2, 0.25) is 0 Å². The standard InChI is InChI=1S/C13H16N2O3/c1-10(16)15-6-4-3-5-11-7-12(9-14-8-11)13(17)18-2/h3,5,7-9H,4,6H2,1-2H3,(H,15,16). The number of ether oxygens (including phenoxy) is 1. The molecular weight excluding hydrogens is 232 g/mol. The minimum atomic E-state index is -0.406. The highest BCUT2D eigenvalue weighted by atomic mass is 16.5. The van der Waals surface area contributed by atoms with Crippen molar-refractivity contribution in [2.75, 3.05) is 13.7 Å². The van der Waals surface area contributed by atoms with Crippen molar-refractivity contribution in [2.45, 2.75) is 13.3 Å². The maximum Gasteiger partial charge on any atom is 0.339 e. The number of pyridine rings is 1. The van der Waals surface area contributed by atoms with Crippen LogP contribution < -0.4 is 5.32 Å². The molecule has 5 nitrogen and oxygen atoms in total. The van der Waals surface area contributed by atoms with Crippen LogP contribution in [0.5, 0.6) is 0 Å². The van der Waals surface area contributed by atoms with Gasteiger partial charge in [-0.3, -0.25) is 9.78 Å². The summed E-state index contributed by atoms with van der Waals surface area (Å²) in [4.78, 5) is 25.9. The van der Waals surface area contributed by atoms with Gasteiger partial charge in [0.05, 0.1) is 12.7 Å². The number of carbonyl (C=O) groups excluding carboxylic acids is 2. The molecule has 0 bridgehead atoms. The summed E-state index contributed by atoms with van der Waals surface area (Å²) in [7, 11) is 1.33. The van der Waals surface area contributed by atoms with Crippen LogP contribution in [-0.2, 0) is 9.53 Å². The first-order chi connectivity index (χ1) is 8.63. The Balaban J connectivity index is 2.54. The van der Waals surface area contributed by atoms with E-state index in [-0.39, 0.29) is 5.91 Å². The summed E-state index contributed by atoms with van der Waals surface area (Å²) in [5.74, 6) is -0.450. The first-order valence-corrected chi connectivity index (χ1v) is 5.58. The van der Waals surface area contributed by atoms with Crippen molar-refractivity contribution >= 4 is 18.0 Å². The Hall–Kier alpha value is -2.17. The normalized spacial score (nSPS) is 10.3. The summed E-state index contributed by atoms with van der Waals surface area (Å²) >= 11 is 0. The summed E-state index contributed by atoms with van der Waals surface area (Å²) in [5, 5.41) is 2.69. The molecule has 0 saturated carbocycles. The molecule has 1 N–H and O–H groups in total. The van der Waals surface area contributed by atoms with Gasteiger partial charge in [-0.25, -0.2) is 4.79 Å². The van der Waals surface area contributed by atoms with Gasteiger partial charge in [-0.05, 0) is 18.1 Å². The van der Waals surface area contributed by atoms with Crippen LogP contribution in [0, 0.1) is 0 Å². The van der Waals surface area contributed by atoms with Gasteiger partial charge in [-0.1, -0.05) is 12.2 Å². The van der Waals surface area contributed by atoms with Gasteiger partial charge in [0.1, 0.15) is 0 Å². The van der Waals surface area contributed by atoms with Gasteiger partial charge in [0.2, 0.25) is 5.91 Å². The van der Waals surface area contributed by atoms with Crippen molar-refractivity contribution in [3.05, 3.63) is 35.7 Å². The lowest BCUT2D eigenvalue weighted by Gasteiger charge is -2.00. The van der Waals surface area contributed by atoms with Gasteiger partial charge in [0.25, 0.3) is 0 Å². The Morgan fingerprint density at radius 3 is 2.89 bits per heavy atom. The minimum absolute atomic E-state index is 0.0437. The molecule has 0 aromatic carbocycles. The zero-order valence-corrected chi connectivity index (χ0v) is 10.5. The lowest BCUT2D eigenvalue weighted by atomic mass is 10.2. The topological polar surface area (TPSA) is 68.3 Å². The molecule has 1 aromatic rings. The number of hydrogen-bond acceptors (Lipinski definition) is 4. The molecule has 0 saturated heterocycles. The number of aromatic nitrogens is 1. The Morgan fingerprint density at radius 1 is 1.44 bits per heavy atom. The van der Waals surface area contributed by atoms with Crippen LogP contribution in [0.3, 0.4) is 0 Å². The molecule has 1 rings (SSSR count). The van der Waals surface area contributed by atoms with Crippen molar-refractivity contribution in [1.29, 1.82) is 0 Å². The van der Waals surface area contributed by atoms with E-state index in [1.807, 2.05) is 12.2 Å². The SMILES string of the molecule is COC(=O)c1cncc(C=CCCNC(C)=O)c1. The fourth-order valence-corrected chi connectivity index (χ4v) is 1.33. The number of esters is 1. The molecule has 0 aliphatic heterocycles. The maximum absolute atomic E-state index is 11.3. The quantitative estimate of drug-likeness (QED) is 0.632. The third kappa shape index (κ3) is 4.78. The fourth-order valence-electron chi connectivity index (χ4n) is 1.33. The third-order valence-corrected chi connectivity index (χ3v) is 2.18. The van der Waals surface area contributed by atoms with Crippen molar-refractivity contribution < 1.29 is 14.3 Å². The first-order valence-electron chi connectivity index (χ1n) is 5.58. The van der Waals surface area contributed by atoms with Crippen LogP contribution in [0.1, 0.15) is 29.3 Å². The van der Waals surface area contributed by atoms with Crippen LogP contribution in [-0.4, -0.2) is 30.5 Å². The van der Waals surface area contributed by atoms with Crippen LogP contribution >= 0.6 is 0 Å². The average molecular weight is 248 g/mol. The second kappa shape index (κ2) is 7.21. The zero-order chi connectivity index (χ0) is 13.4. The van der Waals surface area contributed by atoms with E-state index in [1.165, 1.54) is 20.2 Å². The molecule has 18 heavy (non-hydrogen) atoms. The molecule has 0 aliphatic rings. The van der Waals surface area contributed by atoms with Gasteiger partial charge in [-0.2, -0.15) is 0 Å². The highest BCUT2D eigenvalue weighted by Gasteiger charge is 2.04. The van der Waals surface area contributed by atoms with E-state index < -0.39 is 5.97 Å². The molecule has 0 spiro atoms. The van der Waals surface area contributed by atoms with Crippen molar-refractivity contribution in [2.24, 2.45) is 0 Å². The maximum atomic E-state index is 11.3. The first kappa shape index (κ1) is 13.9. The van der Waals surface area contributed by atoms with E-state index in [1.54, 1.807) is 12.3 Å². The fraction of sp³-hybridized carbons (Fsp3) is 0.308. The predicted octanol–water partition coefficient (Wildman–Crippen LogP) is 1.41. The summed E-state index contributed by atoms with van der Waals surface area (Å²) < 4.78 is 4.61. The number of methoxy groups -OCH3 is 1. The highest BCUT2D eigenvalue weighted by Crippen LogP contribution is 2.06. The molecule has 0 aliphatic carbocycles. The van der Waals surface area contributed by atoms with Gasteiger partial charge in [-0.15, -0.1) is 0 Å². The second-order valence-electron chi connectivity index (χ2n) is 3.67. The molecule has 5 heteroatoms. The largest absolute Gasteiger partial charge is 0.465 e. The van der Waals surface area contributed by atoms with Crippen molar-refractivity contribution in [1.82, 2.24) is 10.3 Å². The van der Waals surface area contributed by atoms with Gasteiger partial charge >= 0.3 is 5.97 Å². The molecular formula is C13H16N2O3. The summed E-state index contributed by atoms with van der Waals surface area (Å²) in [6, 6.07) is 1.70.